The number of nitrogens with zero attached hydrogens (tertiary/aromatic N) is 4. The molecule has 3 heterocycles. The molecule has 0 radical (unpaired) electrons. The van der Waals surface area contributed by atoms with Crippen molar-refractivity contribution < 1.29 is 4.79 Å². The van der Waals surface area contributed by atoms with Gasteiger partial charge in [0, 0.05) is 10.4 Å². The molecule has 0 bridgehead atoms. The Morgan fingerprint density at radius 3 is 2.82 bits per heavy atom. The third-order valence-corrected chi connectivity index (χ3v) is 7.28. The highest BCUT2D eigenvalue weighted by Crippen LogP contribution is 2.38. The number of thiophene rings is 1. The van der Waals surface area contributed by atoms with Crippen molar-refractivity contribution in [3.63, 3.8) is 0 Å². The number of carbonyl (C=O) groups excluding carboxylic acids is 1. The van der Waals surface area contributed by atoms with E-state index in [9.17, 15) is 4.79 Å². The van der Waals surface area contributed by atoms with E-state index < -0.39 is 0 Å². The molecule has 0 fully saturated rings. The molecular weight excluding hydrogens is 390 g/mol. The number of aromatic nitrogens is 4. The lowest BCUT2D eigenvalue weighted by Crippen LogP contribution is -2.05. The number of nitrogens with two attached hydrogens (primary N) is 1. The first-order chi connectivity index (χ1) is 13.6. The molecule has 0 saturated heterocycles. The highest BCUT2D eigenvalue weighted by atomic mass is 32.2. The Morgan fingerprint density at radius 1 is 1.21 bits per heavy atom. The zero-order valence-electron chi connectivity index (χ0n) is 15.4. The normalized spacial score (nSPS) is 13.9. The fourth-order valence-electron chi connectivity index (χ4n) is 3.70. The summed E-state index contributed by atoms with van der Waals surface area (Å²) in [7, 11) is 0. The van der Waals surface area contributed by atoms with Crippen LogP contribution in [0.4, 0.5) is 5.95 Å². The van der Waals surface area contributed by atoms with Crippen LogP contribution in [-0.2, 0) is 12.8 Å². The number of rotatable bonds is 4. The highest BCUT2D eigenvalue weighted by Gasteiger charge is 2.23. The van der Waals surface area contributed by atoms with Gasteiger partial charge in [-0.25, -0.2) is 9.38 Å². The zero-order valence-corrected chi connectivity index (χ0v) is 17.1. The third-order valence-electron chi connectivity index (χ3n) is 5.16. The van der Waals surface area contributed by atoms with Gasteiger partial charge in [0.2, 0.25) is 5.95 Å². The van der Waals surface area contributed by atoms with E-state index in [4.69, 9.17) is 5.73 Å². The predicted molar refractivity (Wildman–Crippen MR) is 113 cm³/mol. The van der Waals surface area contributed by atoms with Crippen molar-refractivity contribution in [3.05, 3.63) is 45.8 Å². The van der Waals surface area contributed by atoms with Crippen molar-refractivity contribution in [1.82, 2.24) is 19.6 Å². The number of thioether (sulfide) groups is 1. The van der Waals surface area contributed by atoms with Crippen molar-refractivity contribution in [2.45, 2.75) is 37.8 Å². The second-order valence-corrected chi connectivity index (χ2v) is 9.11. The van der Waals surface area contributed by atoms with E-state index in [1.807, 2.05) is 31.2 Å². The molecule has 0 unspecified atom stereocenters. The van der Waals surface area contributed by atoms with Crippen LogP contribution in [0.2, 0.25) is 0 Å². The van der Waals surface area contributed by atoms with E-state index in [0.29, 0.717) is 16.7 Å². The summed E-state index contributed by atoms with van der Waals surface area (Å²) in [4.78, 5) is 19.5. The summed E-state index contributed by atoms with van der Waals surface area (Å²) in [6.45, 7) is 2.00. The molecule has 0 amide bonds. The largest absolute Gasteiger partial charge is 0.369 e. The van der Waals surface area contributed by atoms with Gasteiger partial charge in [-0.3, -0.25) is 4.79 Å². The molecule has 4 aromatic rings. The second-order valence-electron chi connectivity index (χ2n) is 7.08. The smallest absolute Gasteiger partial charge is 0.209 e. The number of fused-ring (bicyclic) bond motifs is 5. The summed E-state index contributed by atoms with van der Waals surface area (Å²) in [5, 5.41) is 10.4. The zero-order chi connectivity index (χ0) is 19.3. The number of hydrogen-bond acceptors (Lipinski definition) is 7. The third kappa shape index (κ3) is 2.87. The Hall–Kier alpha value is -2.45. The molecule has 28 heavy (non-hydrogen) atoms. The highest BCUT2D eigenvalue weighted by molar-refractivity contribution is 7.99. The predicted octanol–water partition coefficient (Wildman–Crippen LogP) is 4.08. The molecule has 5 rings (SSSR count). The van der Waals surface area contributed by atoms with Crippen molar-refractivity contribution in [2.75, 3.05) is 11.5 Å². The second kappa shape index (κ2) is 6.86. The van der Waals surface area contributed by atoms with Crippen LogP contribution in [0, 0.1) is 6.92 Å². The summed E-state index contributed by atoms with van der Waals surface area (Å²) < 4.78 is 1.79. The van der Waals surface area contributed by atoms with Crippen LogP contribution in [-0.4, -0.2) is 31.1 Å². The molecule has 1 aliphatic rings. The van der Waals surface area contributed by atoms with Crippen LogP contribution in [0.3, 0.4) is 0 Å². The Morgan fingerprint density at radius 2 is 2.00 bits per heavy atom. The Kier molecular flexibility index (Phi) is 4.32. The molecule has 0 atom stereocenters. The molecule has 142 valence electrons. The molecule has 1 aromatic carbocycles. The van der Waals surface area contributed by atoms with Crippen LogP contribution in [0.5, 0.6) is 0 Å². The van der Waals surface area contributed by atoms with E-state index in [2.05, 4.69) is 15.2 Å². The minimum absolute atomic E-state index is 0.0577. The Balaban J connectivity index is 1.50. The monoisotopic (exact) mass is 409 g/mol. The summed E-state index contributed by atoms with van der Waals surface area (Å²) >= 11 is 3.07. The minimum atomic E-state index is 0.0577. The number of anilines is 1. The minimum Gasteiger partial charge on any atom is -0.369 e. The van der Waals surface area contributed by atoms with Gasteiger partial charge in [0.05, 0.1) is 11.1 Å². The fraction of sp³-hybridized carbons (Fsp3) is 0.300. The molecule has 3 aromatic heterocycles. The average Bonchev–Trinajstić information content (AvgIpc) is 3.27. The number of aryl methyl sites for hydroxylation is 3. The van der Waals surface area contributed by atoms with Crippen LogP contribution < -0.4 is 5.73 Å². The van der Waals surface area contributed by atoms with E-state index in [1.54, 1.807) is 15.7 Å². The molecule has 0 saturated carbocycles. The molecule has 1 aliphatic carbocycles. The summed E-state index contributed by atoms with van der Waals surface area (Å²) in [5.74, 6) is 0.710. The van der Waals surface area contributed by atoms with E-state index in [0.717, 1.165) is 34.3 Å². The lowest BCUT2D eigenvalue weighted by atomic mass is 9.97. The topological polar surface area (TPSA) is 86.2 Å². The average molecular weight is 410 g/mol. The molecular formula is C20H19N5OS2. The quantitative estimate of drug-likeness (QED) is 0.404. The number of benzene rings is 1. The van der Waals surface area contributed by atoms with Gasteiger partial charge in [-0.05, 0) is 38.2 Å². The molecule has 6 nitrogen and oxygen atoms in total. The van der Waals surface area contributed by atoms with Gasteiger partial charge < -0.3 is 5.73 Å². The first-order valence-electron chi connectivity index (χ1n) is 9.29. The first-order valence-corrected chi connectivity index (χ1v) is 11.1. The fourth-order valence-corrected chi connectivity index (χ4v) is 5.80. The number of ketones is 1. The Labute approximate surface area is 170 Å². The Bertz CT molecular complexity index is 1210. The van der Waals surface area contributed by atoms with Gasteiger partial charge in [0.1, 0.15) is 4.83 Å². The van der Waals surface area contributed by atoms with Crippen molar-refractivity contribution in [3.8, 4) is 0 Å². The number of carbonyl (C=O) groups is 1. The van der Waals surface area contributed by atoms with Gasteiger partial charge in [-0.15, -0.1) is 21.5 Å². The van der Waals surface area contributed by atoms with Crippen molar-refractivity contribution in [2.24, 2.45) is 0 Å². The maximum Gasteiger partial charge on any atom is 0.209 e. The van der Waals surface area contributed by atoms with Crippen LogP contribution in [0.1, 0.15) is 39.2 Å². The molecule has 0 spiro atoms. The van der Waals surface area contributed by atoms with Gasteiger partial charge in [-0.1, -0.05) is 41.6 Å². The summed E-state index contributed by atoms with van der Waals surface area (Å²) in [6, 6.07) is 7.61. The SMILES string of the molecule is Cc1ccc(C(=O)CSc2nnc3c4c5c(sc4nc(N)n23)CCCC5)cc1. The van der Waals surface area contributed by atoms with Gasteiger partial charge in [-0.2, -0.15) is 0 Å². The van der Waals surface area contributed by atoms with E-state index in [-0.39, 0.29) is 11.5 Å². The lowest BCUT2D eigenvalue weighted by Gasteiger charge is -2.10. The first kappa shape index (κ1) is 17.6. The van der Waals surface area contributed by atoms with Crippen LogP contribution in [0.25, 0.3) is 15.9 Å². The standard InChI is InChI=1S/C20H19N5OS2/c1-11-6-8-12(9-7-11)14(26)10-27-20-24-23-17-16-13-4-2-3-5-15(13)28-18(16)22-19(21)25(17)20/h6-9H,2-5,10H2,1H3,(H2,21,22). The summed E-state index contributed by atoms with van der Waals surface area (Å²) in [5.41, 5.74) is 10.2. The van der Waals surface area contributed by atoms with Gasteiger partial charge in [0.25, 0.3) is 0 Å². The van der Waals surface area contributed by atoms with E-state index >= 15 is 0 Å². The van der Waals surface area contributed by atoms with E-state index in [1.165, 1.54) is 35.0 Å². The molecule has 2 N–H and O–H groups in total. The van der Waals surface area contributed by atoms with Gasteiger partial charge >= 0.3 is 0 Å². The molecule has 8 heteroatoms. The maximum atomic E-state index is 12.5. The number of hydrogen-bond donors (Lipinski definition) is 1. The lowest BCUT2D eigenvalue weighted by molar-refractivity contribution is 0.102. The van der Waals surface area contributed by atoms with Crippen LogP contribution in [0.15, 0.2) is 29.4 Å². The molecule has 0 aliphatic heterocycles. The maximum absolute atomic E-state index is 12.5. The number of Topliss-reactive ketones (excluding diaryl/α,β-unsaturated/α-hetero) is 1. The van der Waals surface area contributed by atoms with Crippen molar-refractivity contribution in [1.29, 1.82) is 0 Å². The van der Waals surface area contributed by atoms with Gasteiger partial charge in [0.15, 0.2) is 16.6 Å². The van der Waals surface area contributed by atoms with Crippen molar-refractivity contribution >= 4 is 50.7 Å². The summed E-state index contributed by atoms with van der Waals surface area (Å²) in [6.07, 6.45) is 4.57. The van der Waals surface area contributed by atoms with Crippen LogP contribution >= 0.6 is 23.1 Å². The number of nitrogen functional groups attached to an aromatic ring is 1.